The molecular weight excluding hydrogens is 400 g/mol. The lowest BCUT2D eigenvalue weighted by Gasteiger charge is -2.19. The molecule has 150 valence electrons. The Balaban J connectivity index is 1.80. The maximum Gasteiger partial charge on any atom is 0.270 e. The Bertz CT molecular complexity index is 1250. The summed E-state index contributed by atoms with van der Waals surface area (Å²) < 4.78 is 1.01. The molecule has 8 heteroatoms. The van der Waals surface area contributed by atoms with Crippen LogP contribution in [-0.4, -0.2) is 20.8 Å². The SMILES string of the molecule is Cc1cc(C)c2sc(N(Cc3ccccn3)C(=O)c3cccc([N+](=O)[O-])c3)nc2c1. The largest absolute Gasteiger partial charge is 0.278 e. The first-order valence-electron chi connectivity index (χ1n) is 9.26. The van der Waals surface area contributed by atoms with Crippen molar-refractivity contribution in [3.8, 4) is 0 Å². The van der Waals surface area contributed by atoms with E-state index in [1.165, 1.54) is 34.4 Å². The molecule has 0 unspecified atom stereocenters. The molecule has 4 rings (SSSR count). The molecule has 30 heavy (non-hydrogen) atoms. The summed E-state index contributed by atoms with van der Waals surface area (Å²) >= 11 is 1.43. The molecule has 2 aromatic heterocycles. The van der Waals surface area contributed by atoms with Gasteiger partial charge in [0.05, 0.1) is 27.4 Å². The predicted octanol–water partition coefficient (Wildman–Crippen LogP) is 5.06. The van der Waals surface area contributed by atoms with E-state index in [1.54, 1.807) is 18.3 Å². The van der Waals surface area contributed by atoms with Crippen LogP contribution in [0.4, 0.5) is 10.8 Å². The highest BCUT2D eigenvalue weighted by atomic mass is 32.1. The van der Waals surface area contributed by atoms with Gasteiger partial charge in [0.1, 0.15) is 0 Å². The van der Waals surface area contributed by atoms with Crippen LogP contribution in [0.15, 0.2) is 60.8 Å². The van der Waals surface area contributed by atoms with Crippen LogP contribution in [0.1, 0.15) is 27.2 Å². The van der Waals surface area contributed by atoms with Gasteiger partial charge >= 0.3 is 0 Å². The summed E-state index contributed by atoms with van der Waals surface area (Å²) in [7, 11) is 0. The second-order valence-corrected chi connectivity index (χ2v) is 7.92. The van der Waals surface area contributed by atoms with Crippen LogP contribution in [0.3, 0.4) is 0 Å². The average molecular weight is 418 g/mol. The first-order chi connectivity index (χ1) is 14.4. The fraction of sp³-hybridized carbons (Fsp3) is 0.136. The molecule has 0 N–H and O–H groups in total. The molecule has 0 aliphatic carbocycles. The number of aromatic nitrogens is 2. The Morgan fingerprint density at radius 3 is 2.70 bits per heavy atom. The molecule has 0 saturated heterocycles. The van der Waals surface area contributed by atoms with Crippen molar-refractivity contribution >= 4 is 38.3 Å². The molecule has 0 spiro atoms. The number of nitro benzene ring substituents is 1. The molecule has 0 radical (unpaired) electrons. The topological polar surface area (TPSA) is 89.2 Å². The van der Waals surface area contributed by atoms with E-state index in [9.17, 15) is 14.9 Å². The van der Waals surface area contributed by atoms with Crippen molar-refractivity contribution in [1.82, 2.24) is 9.97 Å². The lowest BCUT2D eigenvalue weighted by Crippen LogP contribution is -2.30. The Kier molecular flexibility index (Phi) is 5.24. The summed E-state index contributed by atoms with van der Waals surface area (Å²) in [6.45, 7) is 4.23. The zero-order valence-electron chi connectivity index (χ0n) is 16.4. The molecule has 2 aromatic carbocycles. The number of carbonyl (C=O) groups excluding carboxylic acids is 1. The van der Waals surface area contributed by atoms with Crippen LogP contribution >= 0.6 is 11.3 Å². The fourth-order valence-electron chi connectivity index (χ4n) is 3.27. The number of anilines is 1. The third-order valence-electron chi connectivity index (χ3n) is 4.64. The molecule has 1 amide bonds. The van der Waals surface area contributed by atoms with Crippen molar-refractivity contribution in [3.05, 3.63) is 93.3 Å². The quantitative estimate of drug-likeness (QED) is 0.334. The van der Waals surface area contributed by atoms with E-state index in [0.29, 0.717) is 10.8 Å². The minimum atomic E-state index is -0.510. The summed E-state index contributed by atoms with van der Waals surface area (Å²) in [5.41, 5.74) is 3.81. The molecule has 2 heterocycles. The van der Waals surface area contributed by atoms with Crippen LogP contribution in [-0.2, 0) is 6.54 Å². The van der Waals surface area contributed by atoms with Crippen molar-refractivity contribution in [1.29, 1.82) is 0 Å². The molecule has 0 atom stereocenters. The summed E-state index contributed by atoms with van der Waals surface area (Å²) in [5.74, 6) is -0.363. The number of benzene rings is 2. The van der Waals surface area contributed by atoms with Gasteiger partial charge < -0.3 is 0 Å². The molecule has 7 nitrogen and oxygen atoms in total. The van der Waals surface area contributed by atoms with Crippen molar-refractivity contribution in [3.63, 3.8) is 0 Å². The van der Waals surface area contributed by atoms with Crippen molar-refractivity contribution in [2.45, 2.75) is 20.4 Å². The first-order valence-corrected chi connectivity index (χ1v) is 10.1. The van der Waals surface area contributed by atoms with Crippen LogP contribution in [0.5, 0.6) is 0 Å². The highest BCUT2D eigenvalue weighted by Crippen LogP contribution is 2.33. The highest BCUT2D eigenvalue weighted by Gasteiger charge is 2.24. The van der Waals surface area contributed by atoms with Gasteiger partial charge in [-0.2, -0.15) is 0 Å². The Labute approximate surface area is 176 Å². The molecule has 0 aliphatic heterocycles. The van der Waals surface area contributed by atoms with E-state index >= 15 is 0 Å². The lowest BCUT2D eigenvalue weighted by atomic mass is 10.1. The fourth-order valence-corrected chi connectivity index (χ4v) is 4.28. The lowest BCUT2D eigenvalue weighted by molar-refractivity contribution is -0.384. The number of nitrogens with zero attached hydrogens (tertiary/aromatic N) is 4. The number of hydrogen-bond donors (Lipinski definition) is 0. The normalized spacial score (nSPS) is 10.9. The molecule has 4 aromatic rings. The number of amides is 1. The van der Waals surface area contributed by atoms with Crippen LogP contribution < -0.4 is 4.90 Å². The third kappa shape index (κ3) is 3.90. The molecule has 0 bridgehead atoms. The van der Waals surface area contributed by atoms with Crippen LogP contribution in [0.2, 0.25) is 0 Å². The number of rotatable bonds is 5. The van der Waals surface area contributed by atoms with Gasteiger partial charge in [0.15, 0.2) is 5.13 Å². The number of aryl methyl sites for hydroxylation is 2. The smallest absolute Gasteiger partial charge is 0.270 e. The van der Waals surface area contributed by atoms with E-state index < -0.39 is 4.92 Å². The van der Waals surface area contributed by atoms with E-state index in [4.69, 9.17) is 4.98 Å². The number of non-ortho nitro benzene ring substituents is 1. The summed E-state index contributed by atoms with van der Waals surface area (Å²) in [5, 5.41) is 11.7. The number of fused-ring (bicyclic) bond motifs is 1. The van der Waals surface area contributed by atoms with E-state index in [-0.39, 0.29) is 23.7 Å². The van der Waals surface area contributed by atoms with Gasteiger partial charge in [-0.15, -0.1) is 0 Å². The maximum atomic E-state index is 13.4. The minimum absolute atomic E-state index is 0.130. The van der Waals surface area contributed by atoms with E-state index in [0.717, 1.165) is 21.3 Å². The zero-order valence-corrected chi connectivity index (χ0v) is 17.2. The number of hydrogen-bond acceptors (Lipinski definition) is 6. The van der Waals surface area contributed by atoms with Gasteiger partial charge in [-0.05, 0) is 49.2 Å². The monoisotopic (exact) mass is 418 g/mol. The van der Waals surface area contributed by atoms with Crippen LogP contribution in [0.25, 0.3) is 10.2 Å². The van der Waals surface area contributed by atoms with Gasteiger partial charge in [-0.25, -0.2) is 4.98 Å². The Morgan fingerprint density at radius 2 is 1.97 bits per heavy atom. The second kappa shape index (κ2) is 8.00. The number of thiazole rings is 1. The summed E-state index contributed by atoms with van der Waals surface area (Å²) in [4.78, 5) is 34.6. The summed E-state index contributed by atoms with van der Waals surface area (Å²) in [6, 6.07) is 15.3. The highest BCUT2D eigenvalue weighted by molar-refractivity contribution is 7.22. The maximum absolute atomic E-state index is 13.4. The van der Waals surface area contributed by atoms with Gasteiger partial charge in [0.25, 0.3) is 11.6 Å². The Morgan fingerprint density at radius 1 is 1.13 bits per heavy atom. The van der Waals surface area contributed by atoms with Crippen molar-refractivity contribution < 1.29 is 9.72 Å². The molecule has 0 fully saturated rings. The van der Waals surface area contributed by atoms with E-state index in [2.05, 4.69) is 11.1 Å². The zero-order chi connectivity index (χ0) is 21.3. The summed E-state index contributed by atoms with van der Waals surface area (Å²) in [6.07, 6.45) is 1.66. The van der Waals surface area contributed by atoms with Gasteiger partial charge in [-0.3, -0.25) is 24.8 Å². The van der Waals surface area contributed by atoms with E-state index in [1.807, 2.05) is 32.0 Å². The van der Waals surface area contributed by atoms with Gasteiger partial charge in [0.2, 0.25) is 0 Å². The first kappa shape index (κ1) is 19.7. The Hall–Kier alpha value is -3.65. The van der Waals surface area contributed by atoms with Crippen molar-refractivity contribution in [2.24, 2.45) is 0 Å². The molecule has 0 aliphatic rings. The van der Waals surface area contributed by atoms with Crippen molar-refractivity contribution in [2.75, 3.05) is 4.90 Å². The van der Waals surface area contributed by atoms with Crippen LogP contribution in [0, 0.1) is 24.0 Å². The molecular formula is C22H18N4O3S. The standard InChI is InChI=1S/C22H18N4O3S/c1-14-10-15(2)20-19(11-14)24-22(30-20)25(13-17-7-3-4-9-23-17)21(27)16-6-5-8-18(12-16)26(28)29/h3-12H,13H2,1-2H3. The minimum Gasteiger partial charge on any atom is -0.278 e. The third-order valence-corrected chi connectivity index (χ3v) is 5.86. The predicted molar refractivity (Wildman–Crippen MR) is 117 cm³/mol. The number of carbonyl (C=O) groups is 1. The van der Waals surface area contributed by atoms with Gasteiger partial charge in [0, 0.05) is 23.9 Å². The second-order valence-electron chi connectivity index (χ2n) is 6.95. The van der Waals surface area contributed by atoms with Gasteiger partial charge in [-0.1, -0.05) is 29.5 Å². The number of pyridine rings is 1. The molecule has 0 saturated carbocycles. The average Bonchev–Trinajstić information content (AvgIpc) is 3.16. The number of nitro groups is 1.